The SMILES string of the molecule is CCC(CC)n1ccc(CN2CCNCC2C(=O)NC)n1. The van der Waals surface area contributed by atoms with Crippen molar-refractivity contribution >= 4 is 5.91 Å². The lowest BCUT2D eigenvalue weighted by Crippen LogP contribution is -2.56. The number of carbonyl (C=O) groups is 1. The minimum absolute atomic E-state index is 0.0709. The molecule has 2 rings (SSSR count). The Kier molecular flexibility index (Phi) is 5.76. The number of likely N-dealkylation sites (N-methyl/N-ethyl adjacent to an activating group) is 1. The summed E-state index contributed by atoms with van der Waals surface area (Å²) in [5.74, 6) is 0.0709. The molecule has 0 bridgehead atoms. The van der Waals surface area contributed by atoms with Crippen LogP contribution in [-0.4, -0.2) is 53.3 Å². The molecule has 0 spiro atoms. The van der Waals surface area contributed by atoms with Gasteiger partial charge < -0.3 is 10.6 Å². The van der Waals surface area contributed by atoms with E-state index in [1.54, 1.807) is 7.05 Å². The van der Waals surface area contributed by atoms with Crippen molar-refractivity contribution in [1.82, 2.24) is 25.3 Å². The maximum Gasteiger partial charge on any atom is 0.238 e. The molecule has 2 N–H and O–H groups in total. The van der Waals surface area contributed by atoms with Crippen LogP contribution >= 0.6 is 0 Å². The van der Waals surface area contributed by atoms with Gasteiger partial charge in [0.2, 0.25) is 5.91 Å². The Hall–Kier alpha value is -1.40. The molecular weight excluding hydrogens is 266 g/mol. The van der Waals surface area contributed by atoms with Gasteiger partial charge in [0, 0.05) is 39.4 Å². The lowest BCUT2D eigenvalue weighted by atomic mass is 10.1. The number of rotatable bonds is 6. The lowest BCUT2D eigenvalue weighted by Gasteiger charge is -2.34. The fourth-order valence-electron chi connectivity index (χ4n) is 2.90. The van der Waals surface area contributed by atoms with Crippen LogP contribution in [0.2, 0.25) is 0 Å². The number of amides is 1. The zero-order chi connectivity index (χ0) is 15.2. The molecule has 0 aliphatic carbocycles. The highest BCUT2D eigenvalue weighted by atomic mass is 16.2. The van der Waals surface area contributed by atoms with E-state index < -0.39 is 0 Å². The summed E-state index contributed by atoms with van der Waals surface area (Å²) in [5.41, 5.74) is 1.04. The summed E-state index contributed by atoms with van der Waals surface area (Å²) in [4.78, 5) is 14.2. The van der Waals surface area contributed by atoms with E-state index >= 15 is 0 Å². The fourth-order valence-corrected chi connectivity index (χ4v) is 2.90. The summed E-state index contributed by atoms with van der Waals surface area (Å²) in [5, 5.41) is 10.7. The number of nitrogens with one attached hydrogen (secondary N) is 2. The van der Waals surface area contributed by atoms with Crippen LogP contribution in [0.5, 0.6) is 0 Å². The van der Waals surface area contributed by atoms with Crippen molar-refractivity contribution in [2.45, 2.75) is 45.3 Å². The zero-order valence-electron chi connectivity index (χ0n) is 13.3. The predicted molar refractivity (Wildman–Crippen MR) is 83.0 cm³/mol. The van der Waals surface area contributed by atoms with Crippen molar-refractivity contribution in [3.05, 3.63) is 18.0 Å². The van der Waals surface area contributed by atoms with Crippen LogP contribution in [0.25, 0.3) is 0 Å². The number of nitrogens with zero attached hydrogens (tertiary/aromatic N) is 3. The first kappa shape index (κ1) is 16.0. The largest absolute Gasteiger partial charge is 0.358 e. The second kappa shape index (κ2) is 7.56. The van der Waals surface area contributed by atoms with E-state index in [1.807, 2.05) is 0 Å². The van der Waals surface area contributed by atoms with Gasteiger partial charge in [-0.2, -0.15) is 5.10 Å². The molecule has 1 unspecified atom stereocenters. The Balaban J connectivity index is 2.04. The zero-order valence-corrected chi connectivity index (χ0v) is 13.3. The van der Waals surface area contributed by atoms with Gasteiger partial charge in [0.15, 0.2) is 0 Å². The molecule has 1 aliphatic rings. The summed E-state index contributed by atoms with van der Waals surface area (Å²) in [6.45, 7) is 7.59. The van der Waals surface area contributed by atoms with Gasteiger partial charge in [-0.15, -0.1) is 0 Å². The molecule has 21 heavy (non-hydrogen) atoms. The first-order valence-corrected chi connectivity index (χ1v) is 7.90. The Labute approximate surface area is 126 Å². The van der Waals surface area contributed by atoms with E-state index in [9.17, 15) is 4.79 Å². The van der Waals surface area contributed by atoms with E-state index in [2.05, 4.69) is 51.4 Å². The first-order valence-electron chi connectivity index (χ1n) is 7.90. The Morgan fingerprint density at radius 2 is 2.29 bits per heavy atom. The first-order chi connectivity index (χ1) is 10.2. The summed E-state index contributed by atoms with van der Waals surface area (Å²) in [6, 6.07) is 2.43. The smallest absolute Gasteiger partial charge is 0.238 e. The third-order valence-electron chi connectivity index (χ3n) is 4.25. The number of carbonyl (C=O) groups excluding carboxylic acids is 1. The molecule has 1 saturated heterocycles. The molecular formula is C15H27N5O. The average Bonchev–Trinajstić information content (AvgIpc) is 2.97. The van der Waals surface area contributed by atoms with Gasteiger partial charge in [0.25, 0.3) is 0 Å². The molecule has 1 amide bonds. The molecule has 1 atom stereocenters. The van der Waals surface area contributed by atoms with Crippen molar-refractivity contribution in [2.24, 2.45) is 0 Å². The number of aromatic nitrogens is 2. The van der Waals surface area contributed by atoms with Gasteiger partial charge in [-0.05, 0) is 18.9 Å². The highest BCUT2D eigenvalue weighted by Gasteiger charge is 2.28. The Morgan fingerprint density at radius 1 is 1.52 bits per heavy atom. The topological polar surface area (TPSA) is 62.2 Å². The van der Waals surface area contributed by atoms with Crippen molar-refractivity contribution < 1.29 is 4.79 Å². The molecule has 1 aromatic heterocycles. The maximum absolute atomic E-state index is 12.0. The van der Waals surface area contributed by atoms with E-state index in [1.165, 1.54) is 0 Å². The quantitative estimate of drug-likeness (QED) is 0.813. The normalized spacial score (nSPS) is 19.9. The highest BCUT2D eigenvalue weighted by molar-refractivity contribution is 5.81. The monoisotopic (exact) mass is 293 g/mol. The minimum Gasteiger partial charge on any atom is -0.358 e. The van der Waals surface area contributed by atoms with Gasteiger partial charge in [0.1, 0.15) is 6.04 Å². The van der Waals surface area contributed by atoms with Crippen LogP contribution in [-0.2, 0) is 11.3 Å². The molecule has 1 fully saturated rings. The lowest BCUT2D eigenvalue weighted by molar-refractivity contribution is -0.126. The van der Waals surface area contributed by atoms with Crippen molar-refractivity contribution in [2.75, 3.05) is 26.7 Å². The van der Waals surface area contributed by atoms with Crippen molar-refractivity contribution in [1.29, 1.82) is 0 Å². The van der Waals surface area contributed by atoms with Crippen LogP contribution in [0.1, 0.15) is 38.4 Å². The van der Waals surface area contributed by atoms with Crippen LogP contribution in [0.4, 0.5) is 0 Å². The average molecular weight is 293 g/mol. The van der Waals surface area contributed by atoms with Gasteiger partial charge in [0.05, 0.1) is 11.7 Å². The Morgan fingerprint density at radius 3 is 2.95 bits per heavy atom. The summed E-state index contributed by atoms with van der Waals surface area (Å²) in [6.07, 6.45) is 4.24. The van der Waals surface area contributed by atoms with Gasteiger partial charge in [-0.25, -0.2) is 0 Å². The van der Waals surface area contributed by atoms with Crippen molar-refractivity contribution in [3.8, 4) is 0 Å². The summed E-state index contributed by atoms with van der Waals surface area (Å²) >= 11 is 0. The van der Waals surface area contributed by atoms with E-state index in [-0.39, 0.29) is 11.9 Å². The molecule has 2 heterocycles. The number of hydrogen-bond donors (Lipinski definition) is 2. The third-order valence-corrected chi connectivity index (χ3v) is 4.25. The van der Waals surface area contributed by atoms with Crippen LogP contribution in [0.3, 0.4) is 0 Å². The highest BCUT2D eigenvalue weighted by Crippen LogP contribution is 2.16. The Bertz CT molecular complexity index is 455. The van der Waals surface area contributed by atoms with Gasteiger partial charge >= 0.3 is 0 Å². The third kappa shape index (κ3) is 3.83. The molecule has 118 valence electrons. The molecule has 0 aromatic carbocycles. The van der Waals surface area contributed by atoms with E-state index in [0.717, 1.165) is 38.2 Å². The summed E-state index contributed by atoms with van der Waals surface area (Å²) < 4.78 is 2.06. The molecule has 1 aliphatic heterocycles. The van der Waals surface area contributed by atoms with Gasteiger partial charge in [-0.1, -0.05) is 13.8 Å². The van der Waals surface area contributed by atoms with Crippen LogP contribution in [0, 0.1) is 0 Å². The molecule has 1 aromatic rings. The standard InChI is InChI=1S/C15H27N5O/c1-4-13(5-2)20-8-6-12(18-20)11-19-9-7-17-10-14(19)15(21)16-3/h6,8,13-14,17H,4-5,7,9-11H2,1-3H3,(H,16,21). The molecule has 0 saturated carbocycles. The van der Waals surface area contributed by atoms with E-state index in [4.69, 9.17) is 0 Å². The molecule has 6 nitrogen and oxygen atoms in total. The van der Waals surface area contributed by atoms with Crippen LogP contribution in [0.15, 0.2) is 12.3 Å². The fraction of sp³-hybridized carbons (Fsp3) is 0.733. The predicted octanol–water partition coefficient (Wildman–Crippen LogP) is 0.764. The minimum atomic E-state index is -0.109. The second-order valence-electron chi connectivity index (χ2n) is 5.56. The summed E-state index contributed by atoms with van der Waals surface area (Å²) in [7, 11) is 1.69. The molecule has 6 heteroatoms. The number of hydrogen-bond acceptors (Lipinski definition) is 4. The van der Waals surface area contributed by atoms with Gasteiger partial charge in [-0.3, -0.25) is 14.4 Å². The molecule has 0 radical (unpaired) electrons. The van der Waals surface area contributed by atoms with Crippen LogP contribution < -0.4 is 10.6 Å². The van der Waals surface area contributed by atoms with Crippen molar-refractivity contribution in [3.63, 3.8) is 0 Å². The maximum atomic E-state index is 12.0. The number of piperazine rings is 1. The van der Waals surface area contributed by atoms with E-state index in [0.29, 0.717) is 12.6 Å². The second-order valence-corrected chi connectivity index (χ2v) is 5.56.